The molecule has 28 heavy (non-hydrogen) atoms. The van der Waals surface area contributed by atoms with Crippen LogP contribution in [0.15, 0.2) is 39.5 Å². The Hall–Kier alpha value is -3.44. The average Bonchev–Trinajstić information content (AvgIpc) is 2.95. The van der Waals surface area contributed by atoms with E-state index >= 15 is 0 Å². The van der Waals surface area contributed by atoms with Gasteiger partial charge in [0.15, 0.2) is 0 Å². The summed E-state index contributed by atoms with van der Waals surface area (Å²) in [5.74, 6) is -1.29. The van der Waals surface area contributed by atoms with E-state index in [2.05, 4.69) is 5.32 Å². The van der Waals surface area contributed by atoms with Crippen LogP contribution in [-0.4, -0.2) is 18.0 Å². The van der Waals surface area contributed by atoms with Gasteiger partial charge in [-0.05, 0) is 38.5 Å². The van der Waals surface area contributed by atoms with Gasteiger partial charge in [0.2, 0.25) is 0 Å². The quantitative estimate of drug-likeness (QED) is 0.530. The highest BCUT2D eigenvalue weighted by atomic mass is 32.1. The molecule has 0 aliphatic carbocycles. The normalized spacial score (nSPS) is 10.7. The van der Waals surface area contributed by atoms with Crippen LogP contribution in [0.3, 0.4) is 0 Å². The number of hydrogen-bond donors (Lipinski definition) is 1. The number of thiophene rings is 1. The van der Waals surface area contributed by atoms with Crippen LogP contribution in [0.4, 0.5) is 5.00 Å². The van der Waals surface area contributed by atoms with Crippen LogP contribution < -0.4 is 10.9 Å². The molecule has 1 aromatic carbocycles. The summed E-state index contributed by atoms with van der Waals surface area (Å²) >= 11 is 0.932. The number of amides is 1. The Bertz CT molecular complexity index is 1180. The molecular formula is C20H16N2O5S. The molecule has 1 N–H and O–H groups in total. The summed E-state index contributed by atoms with van der Waals surface area (Å²) in [7, 11) is 0. The van der Waals surface area contributed by atoms with Crippen molar-refractivity contribution in [3.63, 3.8) is 0 Å². The van der Waals surface area contributed by atoms with Crippen molar-refractivity contribution in [2.75, 3.05) is 5.32 Å². The number of ether oxygens (including phenoxy) is 1. The zero-order chi connectivity index (χ0) is 20.4. The minimum absolute atomic E-state index is 0.152. The van der Waals surface area contributed by atoms with Crippen molar-refractivity contribution in [2.45, 2.75) is 26.9 Å². The number of rotatable bonds is 4. The van der Waals surface area contributed by atoms with Crippen molar-refractivity contribution < 1.29 is 18.7 Å². The molecule has 0 unspecified atom stereocenters. The van der Waals surface area contributed by atoms with E-state index in [9.17, 15) is 19.6 Å². The average molecular weight is 396 g/mol. The molecule has 0 aliphatic rings. The summed E-state index contributed by atoms with van der Waals surface area (Å²) in [6.45, 7) is 5.04. The molecular weight excluding hydrogens is 380 g/mol. The fourth-order valence-corrected chi connectivity index (χ4v) is 3.62. The number of para-hydroxylation sites is 1. The highest BCUT2D eigenvalue weighted by Crippen LogP contribution is 2.33. The van der Waals surface area contributed by atoms with Gasteiger partial charge < -0.3 is 14.5 Å². The van der Waals surface area contributed by atoms with E-state index in [-0.39, 0.29) is 27.1 Å². The summed E-state index contributed by atoms with van der Waals surface area (Å²) in [6, 6.07) is 10.2. The SMILES string of the molecule is Cc1c(C(=O)OC(C)C)sc(NC(=O)c2cc3ccccc3oc2=O)c1C#N. The number of nitrogens with one attached hydrogen (secondary N) is 1. The fourth-order valence-electron chi connectivity index (χ4n) is 2.59. The van der Waals surface area contributed by atoms with Gasteiger partial charge in [-0.15, -0.1) is 11.3 Å². The van der Waals surface area contributed by atoms with E-state index in [0.717, 1.165) is 11.3 Å². The smallest absolute Gasteiger partial charge is 0.349 e. The van der Waals surface area contributed by atoms with E-state index in [1.165, 1.54) is 6.07 Å². The van der Waals surface area contributed by atoms with Crippen LogP contribution in [0.25, 0.3) is 11.0 Å². The third-order valence-corrected chi connectivity index (χ3v) is 5.09. The van der Waals surface area contributed by atoms with Crippen molar-refractivity contribution in [1.82, 2.24) is 0 Å². The lowest BCUT2D eigenvalue weighted by Crippen LogP contribution is -2.20. The molecule has 0 atom stereocenters. The molecule has 0 saturated heterocycles. The zero-order valence-corrected chi connectivity index (χ0v) is 16.2. The van der Waals surface area contributed by atoms with Gasteiger partial charge >= 0.3 is 11.6 Å². The van der Waals surface area contributed by atoms with Crippen LogP contribution in [-0.2, 0) is 4.74 Å². The van der Waals surface area contributed by atoms with Crippen LogP contribution in [0.1, 0.15) is 45.0 Å². The molecule has 142 valence electrons. The monoisotopic (exact) mass is 396 g/mol. The van der Waals surface area contributed by atoms with Crippen molar-refractivity contribution in [2.24, 2.45) is 0 Å². The molecule has 1 amide bonds. The van der Waals surface area contributed by atoms with Crippen LogP contribution in [0.5, 0.6) is 0 Å². The molecule has 0 bridgehead atoms. The molecule has 8 heteroatoms. The molecule has 2 aromatic heterocycles. The minimum Gasteiger partial charge on any atom is -0.459 e. The molecule has 0 spiro atoms. The number of carbonyl (C=O) groups excluding carboxylic acids is 2. The molecule has 3 rings (SSSR count). The second kappa shape index (κ2) is 7.66. The topological polar surface area (TPSA) is 109 Å². The first-order chi connectivity index (χ1) is 13.3. The van der Waals surface area contributed by atoms with E-state index in [4.69, 9.17) is 9.15 Å². The minimum atomic E-state index is -0.789. The van der Waals surface area contributed by atoms with Crippen LogP contribution >= 0.6 is 11.3 Å². The number of hydrogen-bond acceptors (Lipinski definition) is 7. The van der Waals surface area contributed by atoms with Gasteiger partial charge in [0, 0.05) is 5.39 Å². The van der Waals surface area contributed by atoms with Crippen molar-refractivity contribution >= 4 is 39.2 Å². The molecule has 0 radical (unpaired) electrons. The Morgan fingerprint density at radius 2 is 2.00 bits per heavy atom. The first-order valence-corrected chi connectivity index (χ1v) is 9.22. The van der Waals surface area contributed by atoms with E-state index < -0.39 is 17.5 Å². The molecule has 0 fully saturated rings. The van der Waals surface area contributed by atoms with Gasteiger partial charge in [0.05, 0.1) is 11.7 Å². The molecule has 3 aromatic rings. The Morgan fingerprint density at radius 3 is 2.68 bits per heavy atom. The highest BCUT2D eigenvalue weighted by molar-refractivity contribution is 7.18. The number of anilines is 1. The van der Waals surface area contributed by atoms with Gasteiger partial charge in [-0.3, -0.25) is 4.79 Å². The maximum Gasteiger partial charge on any atom is 0.349 e. The first-order valence-electron chi connectivity index (χ1n) is 8.40. The summed E-state index contributed by atoms with van der Waals surface area (Å²) in [5, 5.41) is 12.7. The third kappa shape index (κ3) is 3.66. The molecule has 2 heterocycles. The van der Waals surface area contributed by atoms with Gasteiger partial charge in [-0.25, -0.2) is 9.59 Å². The van der Waals surface area contributed by atoms with Gasteiger partial charge in [0.1, 0.15) is 27.1 Å². The Kier molecular flexibility index (Phi) is 5.29. The first kappa shape index (κ1) is 19.3. The van der Waals surface area contributed by atoms with E-state index in [1.807, 2.05) is 6.07 Å². The summed E-state index contributed by atoms with van der Waals surface area (Å²) in [4.78, 5) is 37.2. The second-order valence-corrected chi connectivity index (χ2v) is 7.29. The lowest BCUT2D eigenvalue weighted by atomic mass is 10.1. The van der Waals surface area contributed by atoms with Crippen molar-refractivity contribution in [1.29, 1.82) is 5.26 Å². The molecule has 7 nitrogen and oxygen atoms in total. The number of nitrogens with zero attached hydrogens (tertiary/aromatic N) is 1. The number of esters is 1. The van der Waals surface area contributed by atoms with Crippen molar-refractivity contribution in [3.05, 3.63) is 62.3 Å². The highest BCUT2D eigenvalue weighted by Gasteiger charge is 2.24. The summed E-state index contributed by atoms with van der Waals surface area (Å²) < 4.78 is 10.3. The fraction of sp³-hybridized carbons (Fsp3) is 0.200. The summed E-state index contributed by atoms with van der Waals surface area (Å²) in [6.07, 6.45) is -0.320. The summed E-state index contributed by atoms with van der Waals surface area (Å²) in [5.41, 5.74) is -0.0481. The maximum atomic E-state index is 12.6. The Balaban J connectivity index is 1.97. The number of fused-ring (bicyclic) bond motifs is 1. The predicted molar refractivity (Wildman–Crippen MR) is 105 cm³/mol. The lowest BCUT2D eigenvalue weighted by molar-refractivity contribution is 0.0383. The van der Waals surface area contributed by atoms with Crippen LogP contribution in [0, 0.1) is 18.3 Å². The maximum absolute atomic E-state index is 12.6. The van der Waals surface area contributed by atoms with Gasteiger partial charge in [-0.1, -0.05) is 18.2 Å². The second-order valence-electron chi connectivity index (χ2n) is 6.27. The zero-order valence-electron chi connectivity index (χ0n) is 15.4. The Morgan fingerprint density at radius 1 is 1.29 bits per heavy atom. The lowest BCUT2D eigenvalue weighted by Gasteiger charge is -2.06. The van der Waals surface area contributed by atoms with E-state index in [1.54, 1.807) is 45.0 Å². The van der Waals surface area contributed by atoms with Crippen molar-refractivity contribution in [3.8, 4) is 6.07 Å². The number of nitriles is 1. The number of benzene rings is 1. The predicted octanol–water partition coefficient (Wildman–Crippen LogP) is 3.85. The third-order valence-electron chi connectivity index (χ3n) is 3.90. The van der Waals surface area contributed by atoms with Crippen LogP contribution in [0.2, 0.25) is 0 Å². The van der Waals surface area contributed by atoms with Gasteiger partial charge in [-0.2, -0.15) is 5.26 Å². The van der Waals surface area contributed by atoms with Gasteiger partial charge in [0.25, 0.3) is 5.91 Å². The molecule has 0 saturated carbocycles. The Labute approximate surface area is 164 Å². The standard InChI is InChI=1S/C20H16N2O5S/c1-10(2)26-20(25)16-11(3)14(9-21)18(28-16)22-17(23)13-8-12-6-4-5-7-15(12)27-19(13)24/h4-8,10H,1-3H3,(H,22,23). The molecule has 0 aliphatic heterocycles. The largest absolute Gasteiger partial charge is 0.459 e. The van der Waals surface area contributed by atoms with E-state index in [0.29, 0.717) is 16.5 Å². The number of carbonyl (C=O) groups is 2.